The van der Waals surface area contributed by atoms with Gasteiger partial charge in [0, 0.05) is 19.5 Å². The van der Waals surface area contributed by atoms with Crippen molar-refractivity contribution >= 4 is 20.0 Å². The van der Waals surface area contributed by atoms with Crippen molar-refractivity contribution in [2.45, 2.75) is 77.6 Å². The number of unbranched alkanes of at least 4 members (excludes halogenated alkanes) is 9. The lowest BCUT2D eigenvalue weighted by atomic mass is 10.1. The zero-order valence-corrected chi connectivity index (χ0v) is 18.1. The first-order valence-corrected chi connectivity index (χ1v) is 13.5. The molecule has 0 aliphatic carbocycles. The highest BCUT2D eigenvalue weighted by atomic mass is 32.2. The quantitative estimate of drug-likeness (QED) is 0.270. The van der Waals surface area contributed by atoms with Crippen molar-refractivity contribution in [2.24, 2.45) is 5.92 Å². The van der Waals surface area contributed by atoms with Crippen LogP contribution in [0.25, 0.3) is 0 Å². The summed E-state index contributed by atoms with van der Waals surface area (Å²) in [5.74, 6) is -1.43. The molecule has 26 heavy (non-hydrogen) atoms. The second-order valence-electron chi connectivity index (χ2n) is 7.29. The predicted octanol–water partition coefficient (Wildman–Crippen LogP) is 3.86. The molecule has 0 aromatic rings. The van der Waals surface area contributed by atoms with Crippen LogP contribution >= 0.6 is 0 Å². The van der Waals surface area contributed by atoms with Crippen LogP contribution in [0.3, 0.4) is 0 Å². The molecule has 0 spiro atoms. The topological polar surface area (TPSA) is 97.7 Å². The summed E-state index contributed by atoms with van der Waals surface area (Å²) < 4.78 is 59.1. The van der Waals surface area contributed by atoms with Gasteiger partial charge in [0.15, 0.2) is 0 Å². The molecule has 0 fully saturated rings. The largest absolute Gasteiger partial charge is 0.381 e. The summed E-state index contributed by atoms with van der Waals surface area (Å²) in [5, 5.41) is 0. The smallest absolute Gasteiger partial charge is 0.265 e. The Bertz CT molecular complexity index is 494. The van der Waals surface area contributed by atoms with Gasteiger partial charge in [0.2, 0.25) is 0 Å². The molecule has 0 aromatic heterocycles. The molecule has 1 atom stereocenters. The first kappa shape index (κ1) is 25.8. The van der Waals surface area contributed by atoms with E-state index in [1.807, 2.05) is 0 Å². The van der Waals surface area contributed by atoms with Crippen LogP contribution in [0.4, 0.5) is 0 Å². The highest BCUT2D eigenvalue weighted by Crippen LogP contribution is 2.12. The lowest BCUT2D eigenvalue weighted by Gasteiger charge is -2.14. The molecule has 0 rings (SSSR count). The van der Waals surface area contributed by atoms with Gasteiger partial charge < -0.3 is 4.74 Å². The van der Waals surface area contributed by atoms with Crippen molar-refractivity contribution in [3.8, 4) is 0 Å². The van der Waals surface area contributed by atoms with E-state index in [0.29, 0.717) is 19.6 Å². The normalized spacial score (nSPS) is 13.8. The number of ether oxygens (including phenoxy) is 1. The fraction of sp³-hybridized carbons (Fsp3) is 1.00. The highest BCUT2D eigenvalue weighted by Gasteiger charge is 2.21. The van der Waals surface area contributed by atoms with Gasteiger partial charge in [-0.2, -0.15) is 8.42 Å². The van der Waals surface area contributed by atoms with Crippen molar-refractivity contribution in [3.63, 3.8) is 0 Å². The van der Waals surface area contributed by atoms with E-state index in [9.17, 15) is 16.8 Å². The Kier molecular flexibility index (Phi) is 14.7. The minimum Gasteiger partial charge on any atom is -0.381 e. The minimum absolute atomic E-state index is 0.256. The van der Waals surface area contributed by atoms with Gasteiger partial charge in [-0.3, -0.25) is 4.55 Å². The first-order valence-electron chi connectivity index (χ1n) is 9.84. The van der Waals surface area contributed by atoms with E-state index in [1.165, 1.54) is 51.4 Å². The van der Waals surface area contributed by atoms with Gasteiger partial charge in [0.1, 0.15) is 9.84 Å². The molecule has 0 amide bonds. The Morgan fingerprint density at radius 2 is 1.27 bits per heavy atom. The zero-order chi connectivity index (χ0) is 19.9. The van der Waals surface area contributed by atoms with Crippen LogP contribution in [-0.4, -0.2) is 52.4 Å². The van der Waals surface area contributed by atoms with Crippen LogP contribution in [0.2, 0.25) is 0 Å². The van der Waals surface area contributed by atoms with E-state index in [4.69, 9.17) is 9.29 Å². The highest BCUT2D eigenvalue weighted by molar-refractivity contribution is 7.90. The summed E-state index contributed by atoms with van der Waals surface area (Å²) in [4.78, 5) is 0. The summed E-state index contributed by atoms with van der Waals surface area (Å²) in [5.41, 5.74) is 0. The fourth-order valence-electron chi connectivity index (χ4n) is 2.98. The van der Waals surface area contributed by atoms with Crippen LogP contribution in [-0.2, 0) is 24.7 Å². The average Bonchev–Trinajstić information content (AvgIpc) is 2.48. The van der Waals surface area contributed by atoms with E-state index in [1.54, 1.807) is 0 Å². The summed E-state index contributed by atoms with van der Waals surface area (Å²) in [7, 11) is -7.48. The molecule has 1 unspecified atom stereocenters. The molecule has 0 saturated heterocycles. The number of sulfone groups is 1. The molecule has 0 radical (unpaired) electrons. The second kappa shape index (κ2) is 14.8. The lowest BCUT2D eigenvalue weighted by Crippen LogP contribution is -2.24. The van der Waals surface area contributed by atoms with Gasteiger partial charge in [-0.05, 0) is 18.8 Å². The van der Waals surface area contributed by atoms with Crippen LogP contribution < -0.4 is 0 Å². The van der Waals surface area contributed by atoms with E-state index in [-0.39, 0.29) is 5.75 Å². The average molecular weight is 415 g/mol. The van der Waals surface area contributed by atoms with Gasteiger partial charge in [0.25, 0.3) is 10.1 Å². The van der Waals surface area contributed by atoms with Crippen molar-refractivity contribution in [1.29, 1.82) is 0 Å². The van der Waals surface area contributed by atoms with Gasteiger partial charge in [-0.15, -0.1) is 0 Å². The second-order valence-corrected chi connectivity index (χ2v) is 11.0. The van der Waals surface area contributed by atoms with Gasteiger partial charge in [-0.25, -0.2) is 8.42 Å². The predicted molar refractivity (Wildman–Crippen MR) is 107 cm³/mol. The lowest BCUT2D eigenvalue weighted by molar-refractivity contribution is 0.120. The standard InChI is InChI=1S/C18H38O6S2/c1-3-4-5-6-7-8-9-10-11-12-14-24-15-13-18(16-25(2,19)20)17-26(21,22)23/h18H,3-17H2,1-2H3,(H,21,22,23). The van der Waals surface area contributed by atoms with Crippen LogP contribution in [0.15, 0.2) is 0 Å². The van der Waals surface area contributed by atoms with Crippen LogP contribution in [0.1, 0.15) is 77.6 Å². The molecule has 8 heteroatoms. The monoisotopic (exact) mass is 414 g/mol. The Morgan fingerprint density at radius 3 is 1.73 bits per heavy atom. The van der Waals surface area contributed by atoms with Crippen molar-refractivity contribution in [3.05, 3.63) is 0 Å². The maximum Gasteiger partial charge on any atom is 0.265 e. The maximum atomic E-state index is 11.3. The van der Waals surface area contributed by atoms with E-state index in [0.717, 1.165) is 19.1 Å². The number of hydrogen-bond donors (Lipinski definition) is 1. The van der Waals surface area contributed by atoms with Crippen molar-refractivity contribution in [2.75, 3.05) is 31.0 Å². The van der Waals surface area contributed by atoms with Crippen molar-refractivity contribution < 1.29 is 26.1 Å². The van der Waals surface area contributed by atoms with Crippen molar-refractivity contribution in [1.82, 2.24) is 0 Å². The molecule has 1 N–H and O–H groups in total. The van der Waals surface area contributed by atoms with E-state index in [2.05, 4.69) is 6.92 Å². The molecular formula is C18H38O6S2. The third-order valence-corrected chi connectivity index (χ3v) is 6.27. The van der Waals surface area contributed by atoms with E-state index >= 15 is 0 Å². The molecule has 0 saturated carbocycles. The first-order chi connectivity index (χ1) is 12.1. The van der Waals surface area contributed by atoms with Gasteiger partial charge in [0.05, 0.1) is 11.5 Å². The Balaban J connectivity index is 3.66. The fourth-order valence-corrected chi connectivity index (χ4v) is 5.15. The molecule has 6 nitrogen and oxygen atoms in total. The van der Waals surface area contributed by atoms with Gasteiger partial charge in [-0.1, -0.05) is 64.7 Å². The summed E-state index contributed by atoms with van der Waals surface area (Å²) >= 11 is 0. The zero-order valence-electron chi connectivity index (χ0n) is 16.5. The summed E-state index contributed by atoms with van der Waals surface area (Å²) in [6.07, 6.45) is 13.9. The van der Waals surface area contributed by atoms with Crippen LogP contribution in [0.5, 0.6) is 0 Å². The molecule has 158 valence electrons. The van der Waals surface area contributed by atoms with E-state index < -0.39 is 31.6 Å². The number of rotatable bonds is 18. The Morgan fingerprint density at radius 1 is 0.769 bits per heavy atom. The van der Waals surface area contributed by atoms with Crippen LogP contribution in [0, 0.1) is 5.92 Å². The molecule has 0 aromatic carbocycles. The number of hydrogen-bond acceptors (Lipinski definition) is 5. The molecular weight excluding hydrogens is 376 g/mol. The Labute approximate surface area is 160 Å². The molecule has 0 aliphatic heterocycles. The third-order valence-electron chi connectivity index (χ3n) is 4.30. The molecule has 0 bridgehead atoms. The third kappa shape index (κ3) is 20.1. The summed E-state index contributed by atoms with van der Waals surface area (Å²) in [6, 6.07) is 0. The maximum absolute atomic E-state index is 11.3. The SMILES string of the molecule is CCCCCCCCCCCCOCCC(CS(C)(=O)=O)CS(=O)(=O)O. The Hall–Kier alpha value is -0.180. The summed E-state index contributed by atoms with van der Waals surface area (Å²) in [6.45, 7) is 3.14. The molecule has 0 aliphatic rings. The van der Waals surface area contributed by atoms with Gasteiger partial charge >= 0.3 is 0 Å². The minimum atomic E-state index is -4.18. The molecule has 0 heterocycles.